The Bertz CT molecular complexity index is 1500. The molecule has 2 unspecified atom stereocenters. The molecule has 0 saturated carbocycles. The fraction of sp³-hybridized carbons (Fsp3) is 0.333. The molecule has 38 heavy (non-hydrogen) atoms. The topological polar surface area (TPSA) is 69.4 Å². The number of halogens is 1. The molecule has 0 saturated heterocycles. The number of carbonyl (C=O) groups excluding carboxylic acids is 1. The van der Waals surface area contributed by atoms with Gasteiger partial charge in [0.25, 0.3) is 0 Å². The van der Waals surface area contributed by atoms with Gasteiger partial charge in [-0.25, -0.2) is 4.79 Å². The third-order valence-corrected chi connectivity index (χ3v) is 8.36. The van der Waals surface area contributed by atoms with E-state index >= 15 is 0 Å². The second-order valence-electron chi connectivity index (χ2n) is 9.98. The number of nitrogens with zero attached hydrogens (tertiary/aromatic N) is 4. The van der Waals surface area contributed by atoms with Crippen LogP contribution in [0.1, 0.15) is 78.4 Å². The van der Waals surface area contributed by atoms with Crippen molar-refractivity contribution in [2.45, 2.75) is 53.0 Å². The smallest absolute Gasteiger partial charge is 0.338 e. The molecule has 8 heteroatoms. The summed E-state index contributed by atoms with van der Waals surface area (Å²) in [4.78, 5) is 19.2. The molecule has 1 aliphatic rings. The van der Waals surface area contributed by atoms with Gasteiger partial charge in [0.2, 0.25) is 6.04 Å². The lowest BCUT2D eigenvalue weighted by molar-refractivity contribution is -0.144. The van der Waals surface area contributed by atoms with Crippen LogP contribution in [-0.2, 0) is 16.0 Å². The zero-order valence-electron chi connectivity index (χ0n) is 22.2. The minimum atomic E-state index is -0.948. The second-order valence-corrected chi connectivity index (χ2v) is 11.5. The second kappa shape index (κ2) is 10.8. The number of rotatable bonds is 7. The van der Waals surface area contributed by atoms with Crippen molar-refractivity contribution < 1.29 is 9.53 Å². The molecular formula is C30H31ClN4O2S. The Labute approximate surface area is 232 Å². The molecule has 196 valence electrons. The van der Waals surface area contributed by atoms with Gasteiger partial charge in [0.05, 0.1) is 12.3 Å². The molecule has 5 rings (SSSR count). The summed E-state index contributed by atoms with van der Waals surface area (Å²) in [6.07, 6.45) is 1.07. The summed E-state index contributed by atoms with van der Waals surface area (Å²) in [6, 6.07) is 17.7. The van der Waals surface area contributed by atoms with Gasteiger partial charge in [-0.15, -0.1) is 21.5 Å². The quantitative estimate of drug-likeness (QED) is 0.232. The summed E-state index contributed by atoms with van der Waals surface area (Å²) < 4.78 is 7.33. The average Bonchev–Trinajstić information content (AvgIpc) is 3.45. The molecule has 2 aromatic carbocycles. The van der Waals surface area contributed by atoms with E-state index in [1.54, 1.807) is 18.3 Å². The number of hydrogen-bond acceptors (Lipinski definition) is 6. The molecule has 2 atom stereocenters. The SMILES string of the molecule is CCOC(=O)C1N=C(c2ccccc2Cl)c2cc(C(C)c3ccc(CC(C)C)cc3)sc2-n2c(C)nnc21. The molecule has 0 N–H and O–H groups in total. The summed E-state index contributed by atoms with van der Waals surface area (Å²) in [5.74, 6) is 1.45. The van der Waals surface area contributed by atoms with E-state index in [9.17, 15) is 4.79 Å². The summed E-state index contributed by atoms with van der Waals surface area (Å²) >= 11 is 8.34. The van der Waals surface area contributed by atoms with Crippen molar-refractivity contribution in [3.8, 4) is 5.00 Å². The van der Waals surface area contributed by atoms with E-state index in [0.717, 1.165) is 22.5 Å². The van der Waals surface area contributed by atoms with Crippen molar-refractivity contribution in [3.63, 3.8) is 0 Å². The fourth-order valence-corrected chi connectivity index (χ4v) is 6.36. The van der Waals surface area contributed by atoms with Gasteiger partial charge in [-0.3, -0.25) is 9.56 Å². The number of esters is 1. The molecule has 6 nitrogen and oxygen atoms in total. The standard InChI is InChI=1S/C30H31ClN4O2S/c1-6-37-30(36)27-28-34-33-19(5)35(28)29-23(26(32-27)22-9-7-8-10-24(22)31)16-25(38-29)18(4)21-13-11-20(12-14-21)15-17(2)3/h7-14,16-18,27H,6,15H2,1-5H3. The highest BCUT2D eigenvalue weighted by Gasteiger charge is 2.35. The zero-order valence-corrected chi connectivity index (χ0v) is 23.8. The summed E-state index contributed by atoms with van der Waals surface area (Å²) in [7, 11) is 0. The van der Waals surface area contributed by atoms with Crippen LogP contribution in [0.3, 0.4) is 0 Å². The summed E-state index contributed by atoms with van der Waals surface area (Å²) in [5.41, 5.74) is 4.90. The van der Waals surface area contributed by atoms with Crippen LogP contribution in [0.4, 0.5) is 0 Å². The maximum absolute atomic E-state index is 13.1. The van der Waals surface area contributed by atoms with Crippen molar-refractivity contribution in [3.05, 3.63) is 98.4 Å². The highest BCUT2D eigenvalue weighted by atomic mass is 35.5. The minimum Gasteiger partial charge on any atom is -0.464 e. The molecule has 4 aromatic rings. The number of benzene rings is 2. The number of hydrogen-bond donors (Lipinski definition) is 0. The van der Waals surface area contributed by atoms with Crippen LogP contribution in [0.2, 0.25) is 5.02 Å². The Morgan fingerprint density at radius 3 is 2.50 bits per heavy atom. The molecule has 0 fully saturated rings. The van der Waals surface area contributed by atoms with Gasteiger partial charge in [0, 0.05) is 26.9 Å². The zero-order chi connectivity index (χ0) is 27.0. The number of aryl methyl sites for hydroxylation is 1. The Hall–Kier alpha value is -3.29. The van der Waals surface area contributed by atoms with Crippen molar-refractivity contribution in [1.82, 2.24) is 14.8 Å². The monoisotopic (exact) mass is 546 g/mol. The molecule has 0 radical (unpaired) electrons. The molecule has 0 bridgehead atoms. The van der Waals surface area contributed by atoms with Crippen molar-refractivity contribution in [2.24, 2.45) is 10.9 Å². The fourth-order valence-electron chi connectivity index (χ4n) is 4.84. The number of carbonyl (C=O) groups is 1. The Kier molecular flexibility index (Phi) is 7.50. The maximum atomic E-state index is 13.1. The Morgan fingerprint density at radius 2 is 1.82 bits per heavy atom. The average molecular weight is 547 g/mol. The first-order valence-corrected chi connectivity index (χ1v) is 14.1. The maximum Gasteiger partial charge on any atom is 0.338 e. The van der Waals surface area contributed by atoms with Crippen molar-refractivity contribution in [1.29, 1.82) is 0 Å². The predicted octanol–water partition coefficient (Wildman–Crippen LogP) is 7.10. The van der Waals surface area contributed by atoms with E-state index in [4.69, 9.17) is 21.3 Å². The number of aromatic nitrogens is 3. The van der Waals surface area contributed by atoms with Crippen LogP contribution >= 0.6 is 22.9 Å². The van der Waals surface area contributed by atoms with Gasteiger partial charge >= 0.3 is 5.97 Å². The number of aliphatic imine (C=N–C) groups is 1. The first kappa shape index (κ1) is 26.3. The van der Waals surface area contributed by atoms with E-state index in [0.29, 0.717) is 28.3 Å². The van der Waals surface area contributed by atoms with Gasteiger partial charge in [0.1, 0.15) is 10.8 Å². The lowest BCUT2D eigenvalue weighted by Gasteiger charge is -2.13. The lowest BCUT2D eigenvalue weighted by Crippen LogP contribution is -2.18. The molecular weight excluding hydrogens is 516 g/mol. The van der Waals surface area contributed by atoms with E-state index in [1.807, 2.05) is 35.8 Å². The molecule has 0 spiro atoms. The first-order chi connectivity index (χ1) is 18.3. The van der Waals surface area contributed by atoms with Crippen LogP contribution < -0.4 is 0 Å². The van der Waals surface area contributed by atoms with Crippen LogP contribution in [-0.4, -0.2) is 33.1 Å². The molecule has 3 heterocycles. The van der Waals surface area contributed by atoms with Crippen LogP contribution in [0.25, 0.3) is 5.00 Å². The van der Waals surface area contributed by atoms with E-state index in [1.165, 1.54) is 16.0 Å². The van der Waals surface area contributed by atoms with E-state index in [-0.39, 0.29) is 12.5 Å². The summed E-state index contributed by atoms with van der Waals surface area (Å²) in [6.45, 7) is 10.6. The van der Waals surface area contributed by atoms with Gasteiger partial charge in [0.15, 0.2) is 5.82 Å². The number of ether oxygens (including phenoxy) is 1. The third kappa shape index (κ3) is 4.93. The van der Waals surface area contributed by atoms with Crippen LogP contribution in [0, 0.1) is 12.8 Å². The number of thiophene rings is 1. The summed E-state index contributed by atoms with van der Waals surface area (Å²) in [5, 5.41) is 10.2. The van der Waals surface area contributed by atoms with E-state index < -0.39 is 12.0 Å². The lowest BCUT2D eigenvalue weighted by atomic mass is 9.95. The van der Waals surface area contributed by atoms with E-state index in [2.05, 4.69) is 61.3 Å². The van der Waals surface area contributed by atoms with Gasteiger partial charge in [-0.1, -0.05) is 74.8 Å². The Morgan fingerprint density at radius 1 is 1.08 bits per heavy atom. The predicted molar refractivity (Wildman–Crippen MR) is 153 cm³/mol. The third-order valence-electron chi connectivity index (χ3n) is 6.73. The molecule has 1 aliphatic heterocycles. The molecule has 0 aliphatic carbocycles. The molecule has 2 aromatic heterocycles. The largest absolute Gasteiger partial charge is 0.464 e. The van der Waals surface area contributed by atoms with Gasteiger partial charge in [-0.05, 0) is 49.4 Å². The van der Waals surface area contributed by atoms with Crippen molar-refractivity contribution in [2.75, 3.05) is 6.61 Å². The highest BCUT2D eigenvalue weighted by Crippen LogP contribution is 2.41. The highest BCUT2D eigenvalue weighted by molar-refractivity contribution is 7.15. The van der Waals surface area contributed by atoms with Crippen LogP contribution in [0.15, 0.2) is 59.6 Å². The van der Waals surface area contributed by atoms with Crippen LogP contribution in [0.5, 0.6) is 0 Å². The first-order valence-electron chi connectivity index (χ1n) is 12.9. The van der Waals surface area contributed by atoms with Gasteiger partial charge in [-0.2, -0.15) is 0 Å². The van der Waals surface area contributed by atoms with Gasteiger partial charge < -0.3 is 4.74 Å². The van der Waals surface area contributed by atoms with Crippen molar-refractivity contribution >= 4 is 34.6 Å². The minimum absolute atomic E-state index is 0.161. The number of fused-ring (bicyclic) bond motifs is 3. The Balaban J connectivity index is 1.66. The molecule has 0 amide bonds. The normalized spacial score (nSPS) is 15.4.